The molecule has 1 aromatic rings. The van der Waals surface area contributed by atoms with Crippen molar-refractivity contribution in [1.29, 1.82) is 0 Å². The summed E-state index contributed by atoms with van der Waals surface area (Å²) in [6, 6.07) is 10.5. The van der Waals surface area contributed by atoms with Gasteiger partial charge in [-0.15, -0.1) is 0 Å². The molecule has 2 amide bonds. The van der Waals surface area contributed by atoms with Crippen LogP contribution in [0.25, 0.3) is 0 Å². The maximum absolute atomic E-state index is 12.0. The Hall–Kier alpha value is -1.92. The molecule has 2 N–H and O–H groups in total. The summed E-state index contributed by atoms with van der Waals surface area (Å²) in [5.41, 5.74) is 1.15. The van der Waals surface area contributed by atoms with E-state index in [1.807, 2.05) is 30.3 Å². The van der Waals surface area contributed by atoms with Gasteiger partial charge in [-0.2, -0.15) is 0 Å². The molecule has 0 spiro atoms. The van der Waals surface area contributed by atoms with E-state index in [2.05, 4.69) is 15.5 Å². The molecule has 2 heterocycles. The summed E-state index contributed by atoms with van der Waals surface area (Å²) >= 11 is 0. The summed E-state index contributed by atoms with van der Waals surface area (Å²) in [5, 5.41) is 5.48. The Labute approximate surface area is 155 Å². The first-order valence-corrected chi connectivity index (χ1v) is 9.64. The van der Waals surface area contributed by atoms with Crippen LogP contribution in [-0.4, -0.2) is 62.1 Å². The number of carbonyl (C=O) groups is 2. The number of ether oxygens (including phenoxy) is 1. The highest BCUT2D eigenvalue weighted by Crippen LogP contribution is 2.21. The molecule has 0 saturated carbocycles. The lowest BCUT2D eigenvalue weighted by atomic mass is 9.95. The fourth-order valence-electron chi connectivity index (χ4n) is 3.69. The van der Waals surface area contributed by atoms with E-state index in [1.54, 1.807) is 0 Å². The molecule has 2 aliphatic rings. The average molecular weight is 359 g/mol. The number of hydrogen-bond acceptors (Lipinski definition) is 4. The topological polar surface area (TPSA) is 70.7 Å². The van der Waals surface area contributed by atoms with Crippen LogP contribution in [0.4, 0.5) is 0 Å². The molecule has 1 atom stereocenters. The van der Waals surface area contributed by atoms with Gasteiger partial charge in [0.05, 0.1) is 6.61 Å². The number of rotatable bonds is 6. The van der Waals surface area contributed by atoms with Crippen molar-refractivity contribution in [2.45, 2.75) is 31.7 Å². The predicted octanol–water partition coefficient (Wildman–Crippen LogP) is 0.962. The zero-order chi connectivity index (χ0) is 18.2. The molecule has 2 aliphatic heterocycles. The van der Waals surface area contributed by atoms with Crippen LogP contribution in [0, 0.1) is 5.92 Å². The minimum Gasteiger partial charge on any atom is -0.380 e. The molecule has 6 heteroatoms. The molecular weight excluding hydrogens is 330 g/mol. The van der Waals surface area contributed by atoms with Crippen LogP contribution in [0.1, 0.15) is 24.8 Å². The maximum atomic E-state index is 12.0. The van der Waals surface area contributed by atoms with Gasteiger partial charge in [0.25, 0.3) is 0 Å². The molecule has 0 aromatic heterocycles. The molecule has 0 radical (unpaired) electrons. The zero-order valence-electron chi connectivity index (χ0n) is 15.3. The number of benzene rings is 1. The SMILES string of the molecule is O=C(NCCc1ccccc1)C(=O)NCC1CCN([C@H]2CCOC2)CC1. The highest BCUT2D eigenvalue weighted by atomic mass is 16.5. The Morgan fingerprint density at radius 1 is 1.04 bits per heavy atom. The van der Waals surface area contributed by atoms with Gasteiger partial charge in [-0.1, -0.05) is 30.3 Å². The van der Waals surface area contributed by atoms with Crippen molar-refractivity contribution in [3.8, 4) is 0 Å². The van der Waals surface area contributed by atoms with E-state index >= 15 is 0 Å². The number of nitrogens with zero attached hydrogens (tertiary/aromatic N) is 1. The quantitative estimate of drug-likeness (QED) is 0.743. The Kier molecular flexibility index (Phi) is 7.03. The number of likely N-dealkylation sites (tertiary alicyclic amines) is 1. The number of carbonyl (C=O) groups excluding carboxylic acids is 2. The standard InChI is InChI=1S/C20H29N3O3/c24-19(21-10-6-16-4-2-1-3-5-16)20(25)22-14-17-7-11-23(12-8-17)18-9-13-26-15-18/h1-5,17-18H,6-15H2,(H,21,24)(H,22,25)/t18-/m0/s1. The second-order valence-electron chi connectivity index (χ2n) is 7.20. The fourth-order valence-corrected chi connectivity index (χ4v) is 3.69. The maximum Gasteiger partial charge on any atom is 0.309 e. The Balaban J connectivity index is 1.29. The van der Waals surface area contributed by atoms with Crippen molar-refractivity contribution in [2.24, 2.45) is 5.92 Å². The summed E-state index contributed by atoms with van der Waals surface area (Å²) < 4.78 is 5.46. The smallest absolute Gasteiger partial charge is 0.309 e. The van der Waals surface area contributed by atoms with Crippen molar-refractivity contribution >= 4 is 11.8 Å². The van der Waals surface area contributed by atoms with E-state index < -0.39 is 11.8 Å². The van der Waals surface area contributed by atoms with Crippen molar-refractivity contribution in [1.82, 2.24) is 15.5 Å². The lowest BCUT2D eigenvalue weighted by Gasteiger charge is -2.35. The first kappa shape index (κ1) is 18.9. The third kappa shape index (κ3) is 5.54. The highest BCUT2D eigenvalue weighted by Gasteiger charge is 2.28. The Bertz CT molecular complexity index is 579. The van der Waals surface area contributed by atoms with Gasteiger partial charge >= 0.3 is 11.8 Å². The molecule has 0 bridgehead atoms. The normalized spacial score (nSPS) is 21.5. The lowest BCUT2D eigenvalue weighted by Crippen LogP contribution is -2.46. The summed E-state index contributed by atoms with van der Waals surface area (Å²) in [5.74, 6) is -0.610. The second kappa shape index (κ2) is 9.69. The lowest BCUT2D eigenvalue weighted by molar-refractivity contribution is -0.139. The van der Waals surface area contributed by atoms with Gasteiger partial charge in [0.2, 0.25) is 0 Å². The van der Waals surface area contributed by atoms with E-state index in [-0.39, 0.29) is 0 Å². The third-order valence-corrected chi connectivity index (χ3v) is 5.37. The second-order valence-corrected chi connectivity index (χ2v) is 7.20. The number of hydrogen-bond donors (Lipinski definition) is 2. The number of amides is 2. The van der Waals surface area contributed by atoms with Crippen LogP contribution < -0.4 is 10.6 Å². The van der Waals surface area contributed by atoms with Crippen LogP contribution in [0.15, 0.2) is 30.3 Å². The summed E-state index contributed by atoms with van der Waals surface area (Å²) in [4.78, 5) is 26.3. The first-order chi connectivity index (χ1) is 12.7. The molecule has 3 rings (SSSR count). The molecule has 2 saturated heterocycles. The number of nitrogens with one attached hydrogen (secondary N) is 2. The molecule has 142 valence electrons. The van der Waals surface area contributed by atoms with E-state index in [9.17, 15) is 9.59 Å². The minimum absolute atomic E-state index is 0.453. The molecule has 26 heavy (non-hydrogen) atoms. The van der Waals surface area contributed by atoms with E-state index in [0.717, 1.165) is 57.6 Å². The van der Waals surface area contributed by atoms with Gasteiger partial charge < -0.3 is 15.4 Å². The predicted molar refractivity (Wildman–Crippen MR) is 99.7 cm³/mol. The average Bonchev–Trinajstić information content (AvgIpc) is 3.22. The molecule has 0 aliphatic carbocycles. The molecule has 1 aromatic carbocycles. The van der Waals surface area contributed by atoms with Crippen LogP contribution in [-0.2, 0) is 20.7 Å². The summed E-state index contributed by atoms with van der Waals surface area (Å²) in [7, 11) is 0. The zero-order valence-corrected chi connectivity index (χ0v) is 15.3. The molecule has 0 unspecified atom stereocenters. The monoisotopic (exact) mass is 359 g/mol. The van der Waals surface area contributed by atoms with Gasteiger partial charge in [-0.25, -0.2) is 0 Å². The molecular formula is C20H29N3O3. The van der Waals surface area contributed by atoms with Gasteiger partial charge in [-0.3, -0.25) is 14.5 Å². The Morgan fingerprint density at radius 2 is 1.77 bits per heavy atom. The van der Waals surface area contributed by atoms with Crippen molar-refractivity contribution < 1.29 is 14.3 Å². The van der Waals surface area contributed by atoms with Crippen LogP contribution in [0.3, 0.4) is 0 Å². The largest absolute Gasteiger partial charge is 0.380 e. The molecule has 2 fully saturated rings. The van der Waals surface area contributed by atoms with Crippen molar-refractivity contribution in [2.75, 3.05) is 39.4 Å². The van der Waals surface area contributed by atoms with Crippen LogP contribution >= 0.6 is 0 Å². The van der Waals surface area contributed by atoms with Crippen LogP contribution in [0.2, 0.25) is 0 Å². The summed E-state index contributed by atoms with van der Waals surface area (Å²) in [6.07, 6.45) is 3.98. The minimum atomic E-state index is -0.540. The first-order valence-electron chi connectivity index (χ1n) is 9.64. The van der Waals surface area contributed by atoms with Crippen LogP contribution in [0.5, 0.6) is 0 Å². The highest BCUT2D eigenvalue weighted by molar-refractivity contribution is 6.35. The van der Waals surface area contributed by atoms with Crippen molar-refractivity contribution in [3.63, 3.8) is 0 Å². The third-order valence-electron chi connectivity index (χ3n) is 5.37. The number of piperidine rings is 1. The van der Waals surface area contributed by atoms with E-state index in [1.165, 1.54) is 0 Å². The molecule has 6 nitrogen and oxygen atoms in total. The Morgan fingerprint density at radius 3 is 2.46 bits per heavy atom. The fraction of sp³-hybridized carbons (Fsp3) is 0.600. The summed E-state index contributed by atoms with van der Waals surface area (Å²) in [6.45, 7) is 4.89. The van der Waals surface area contributed by atoms with Gasteiger partial charge in [0.1, 0.15) is 0 Å². The van der Waals surface area contributed by atoms with Gasteiger partial charge in [0.15, 0.2) is 0 Å². The van der Waals surface area contributed by atoms with Crippen molar-refractivity contribution in [3.05, 3.63) is 35.9 Å². The van der Waals surface area contributed by atoms with Gasteiger partial charge in [-0.05, 0) is 50.3 Å². The van der Waals surface area contributed by atoms with E-state index in [4.69, 9.17) is 4.74 Å². The van der Waals surface area contributed by atoms with E-state index in [0.29, 0.717) is 25.0 Å². The van der Waals surface area contributed by atoms with Gasteiger partial charge in [0, 0.05) is 25.7 Å².